The number of anilines is 1. The number of alkyl halides is 3. The number of nitrogens with zero attached hydrogens (tertiary/aromatic N) is 7. The number of rotatable bonds is 6. The summed E-state index contributed by atoms with van der Waals surface area (Å²) in [6.45, 7) is 0.755. The van der Waals surface area contributed by atoms with E-state index in [1.54, 1.807) is 28.0 Å². The molecule has 38 heavy (non-hydrogen) atoms. The van der Waals surface area contributed by atoms with Crippen LogP contribution in [0.2, 0.25) is 0 Å². The number of fused-ring (bicyclic) bond motifs is 1. The second-order valence-corrected chi connectivity index (χ2v) is 10.7. The van der Waals surface area contributed by atoms with Gasteiger partial charge in [-0.3, -0.25) is 5.21 Å². The maximum atomic E-state index is 12.7. The molecule has 0 amide bonds. The van der Waals surface area contributed by atoms with Gasteiger partial charge in [0.15, 0.2) is 15.5 Å². The van der Waals surface area contributed by atoms with Crippen molar-refractivity contribution >= 4 is 26.6 Å². The standard InChI is InChI=1S/C23H22F3N7O4S/c1-38(35,36)18-5-2-15(3-6-18)32-21-19(13-30-32)22(29-14-28-21)37-17-8-10-31(11-9-17)33(34)16-4-7-20(27-12-16)23(24,25)26/h2-7,12-14,17,34H,8-11H2,1H3. The maximum absolute atomic E-state index is 12.7. The van der Waals surface area contributed by atoms with Gasteiger partial charge >= 0.3 is 6.18 Å². The van der Waals surface area contributed by atoms with Crippen molar-refractivity contribution in [2.75, 3.05) is 24.5 Å². The number of hydrogen-bond donors (Lipinski definition) is 1. The van der Waals surface area contributed by atoms with E-state index in [1.165, 1.54) is 18.5 Å². The highest BCUT2D eigenvalue weighted by Crippen LogP contribution is 2.30. The van der Waals surface area contributed by atoms with Crippen LogP contribution in [0.4, 0.5) is 18.9 Å². The fourth-order valence-corrected chi connectivity index (χ4v) is 4.71. The van der Waals surface area contributed by atoms with Gasteiger partial charge < -0.3 is 4.74 Å². The molecule has 0 spiro atoms. The van der Waals surface area contributed by atoms with E-state index in [4.69, 9.17) is 4.74 Å². The maximum Gasteiger partial charge on any atom is 0.433 e. The van der Waals surface area contributed by atoms with E-state index in [-0.39, 0.29) is 16.7 Å². The minimum absolute atomic E-state index is 0.117. The molecule has 15 heteroatoms. The van der Waals surface area contributed by atoms with Crippen molar-refractivity contribution in [2.45, 2.75) is 30.0 Å². The fourth-order valence-electron chi connectivity index (χ4n) is 4.08. The van der Waals surface area contributed by atoms with Gasteiger partial charge in [-0.05, 0) is 49.2 Å². The SMILES string of the molecule is CS(=O)(=O)c1ccc(-n2ncc3c(OC4CCN(N(O)c5ccc(C(F)(F)F)nc5)CC4)ncnc32)cc1. The second kappa shape index (κ2) is 9.81. The Labute approximate surface area is 215 Å². The quantitative estimate of drug-likeness (QED) is 0.358. The van der Waals surface area contributed by atoms with Crippen molar-refractivity contribution in [1.29, 1.82) is 0 Å². The molecule has 1 fully saturated rings. The predicted octanol–water partition coefficient (Wildman–Crippen LogP) is 3.29. The first-order chi connectivity index (χ1) is 18.0. The number of pyridine rings is 1. The topological polar surface area (TPSA) is 127 Å². The van der Waals surface area contributed by atoms with Crippen molar-refractivity contribution in [1.82, 2.24) is 29.7 Å². The smallest absolute Gasteiger partial charge is 0.433 e. The summed E-state index contributed by atoms with van der Waals surface area (Å²) < 4.78 is 69.4. The van der Waals surface area contributed by atoms with E-state index >= 15 is 0 Å². The fraction of sp³-hybridized carbons (Fsp3) is 0.304. The summed E-state index contributed by atoms with van der Waals surface area (Å²) in [5.74, 6) is 0.334. The van der Waals surface area contributed by atoms with E-state index in [0.29, 0.717) is 48.5 Å². The Hall–Kier alpha value is -3.82. The van der Waals surface area contributed by atoms with Gasteiger partial charge in [-0.1, -0.05) is 0 Å². The lowest BCUT2D eigenvalue weighted by atomic mass is 10.1. The van der Waals surface area contributed by atoms with Crippen LogP contribution < -0.4 is 9.91 Å². The van der Waals surface area contributed by atoms with Crippen LogP contribution in [0.3, 0.4) is 0 Å². The lowest BCUT2D eigenvalue weighted by Gasteiger charge is -2.36. The molecular weight excluding hydrogens is 527 g/mol. The third-order valence-corrected chi connectivity index (χ3v) is 7.20. The summed E-state index contributed by atoms with van der Waals surface area (Å²) in [5, 5.41) is 17.8. The van der Waals surface area contributed by atoms with Gasteiger partial charge in [0, 0.05) is 19.3 Å². The van der Waals surface area contributed by atoms with Crippen molar-refractivity contribution in [3.8, 4) is 11.6 Å². The zero-order valence-electron chi connectivity index (χ0n) is 19.9. The molecule has 11 nitrogen and oxygen atoms in total. The Kier molecular flexibility index (Phi) is 6.66. The first-order valence-corrected chi connectivity index (χ1v) is 13.3. The van der Waals surface area contributed by atoms with Crippen LogP contribution in [-0.4, -0.2) is 68.8 Å². The number of ether oxygens (including phenoxy) is 1. The molecule has 1 N–H and O–H groups in total. The van der Waals surface area contributed by atoms with Crippen LogP contribution in [0.5, 0.6) is 5.88 Å². The number of piperidine rings is 1. The Balaban J connectivity index is 1.25. The third-order valence-electron chi connectivity index (χ3n) is 6.07. The Bertz CT molecular complexity index is 1540. The largest absolute Gasteiger partial charge is 0.474 e. The number of hydrogen-bond acceptors (Lipinski definition) is 10. The average Bonchev–Trinajstić information content (AvgIpc) is 3.33. The van der Waals surface area contributed by atoms with Gasteiger partial charge in [0.25, 0.3) is 0 Å². The molecule has 0 bridgehead atoms. The number of aromatic nitrogens is 5. The monoisotopic (exact) mass is 549 g/mol. The molecule has 0 aliphatic carbocycles. The molecule has 1 aromatic carbocycles. The molecule has 3 aromatic heterocycles. The average molecular weight is 550 g/mol. The molecule has 4 heterocycles. The van der Waals surface area contributed by atoms with Gasteiger partial charge in [-0.25, -0.2) is 28.1 Å². The number of halogens is 3. The van der Waals surface area contributed by atoms with E-state index < -0.39 is 21.7 Å². The zero-order valence-corrected chi connectivity index (χ0v) is 20.8. The molecule has 5 rings (SSSR count). The number of benzene rings is 1. The summed E-state index contributed by atoms with van der Waals surface area (Å²) >= 11 is 0. The van der Waals surface area contributed by atoms with Crippen LogP contribution in [0, 0.1) is 0 Å². The predicted molar refractivity (Wildman–Crippen MR) is 128 cm³/mol. The van der Waals surface area contributed by atoms with Crippen LogP contribution in [-0.2, 0) is 16.0 Å². The molecule has 1 saturated heterocycles. The van der Waals surface area contributed by atoms with E-state index in [2.05, 4.69) is 20.1 Å². The lowest BCUT2D eigenvalue weighted by molar-refractivity contribution is -0.141. The molecule has 1 aliphatic rings. The highest BCUT2D eigenvalue weighted by Gasteiger charge is 2.33. The molecule has 0 radical (unpaired) electrons. The summed E-state index contributed by atoms with van der Waals surface area (Å²) in [5.41, 5.74) is 0.182. The van der Waals surface area contributed by atoms with Crippen LogP contribution in [0.1, 0.15) is 18.5 Å². The molecule has 1 aliphatic heterocycles. The zero-order chi connectivity index (χ0) is 27.1. The second-order valence-electron chi connectivity index (χ2n) is 8.70. The first-order valence-electron chi connectivity index (χ1n) is 11.4. The van der Waals surface area contributed by atoms with Crippen molar-refractivity contribution in [3.63, 3.8) is 0 Å². The molecule has 0 saturated carbocycles. The third kappa shape index (κ3) is 5.25. The summed E-state index contributed by atoms with van der Waals surface area (Å²) in [6, 6.07) is 8.23. The van der Waals surface area contributed by atoms with E-state index in [0.717, 1.165) is 29.8 Å². The minimum atomic E-state index is -4.56. The molecule has 4 aromatic rings. The van der Waals surface area contributed by atoms with Gasteiger partial charge in [0.05, 0.1) is 23.0 Å². The summed E-state index contributed by atoms with van der Waals surface area (Å²) in [6.07, 6.45) is 1.25. The van der Waals surface area contributed by atoms with E-state index in [1.807, 2.05) is 0 Å². The molecular formula is C23H22F3N7O4S. The summed E-state index contributed by atoms with van der Waals surface area (Å²) in [7, 11) is -3.33. The minimum Gasteiger partial charge on any atom is -0.474 e. The highest BCUT2D eigenvalue weighted by molar-refractivity contribution is 7.90. The Morgan fingerprint density at radius 2 is 1.74 bits per heavy atom. The van der Waals surface area contributed by atoms with Gasteiger partial charge in [-0.2, -0.15) is 28.5 Å². The lowest BCUT2D eigenvalue weighted by Crippen LogP contribution is -2.47. The van der Waals surface area contributed by atoms with Gasteiger partial charge in [0.2, 0.25) is 5.88 Å². The van der Waals surface area contributed by atoms with Crippen molar-refractivity contribution < 1.29 is 31.5 Å². The van der Waals surface area contributed by atoms with Crippen LogP contribution in [0.15, 0.2) is 60.0 Å². The molecule has 0 atom stereocenters. The first kappa shape index (κ1) is 25.8. The van der Waals surface area contributed by atoms with Gasteiger partial charge in [0.1, 0.15) is 29.2 Å². The number of sulfone groups is 1. The van der Waals surface area contributed by atoms with Crippen molar-refractivity contribution in [2.24, 2.45) is 0 Å². The summed E-state index contributed by atoms with van der Waals surface area (Å²) in [4.78, 5) is 12.1. The van der Waals surface area contributed by atoms with Crippen LogP contribution in [0.25, 0.3) is 16.7 Å². The Morgan fingerprint density at radius 1 is 1.03 bits per heavy atom. The number of hydrazine groups is 1. The van der Waals surface area contributed by atoms with E-state index in [9.17, 15) is 26.8 Å². The van der Waals surface area contributed by atoms with Crippen LogP contribution >= 0.6 is 0 Å². The Morgan fingerprint density at radius 3 is 2.34 bits per heavy atom. The molecule has 200 valence electrons. The van der Waals surface area contributed by atoms with Crippen molar-refractivity contribution in [3.05, 3.63) is 60.8 Å². The van der Waals surface area contributed by atoms with Gasteiger partial charge in [-0.15, -0.1) is 0 Å². The highest BCUT2D eigenvalue weighted by atomic mass is 32.2. The molecule has 0 unspecified atom stereocenters. The normalized spacial score (nSPS) is 15.6.